The van der Waals surface area contributed by atoms with E-state index in [9.17, 15) is 8.42 Å². The van der Waals surface area contributed by atoms with Gasteiger partial charge in [0.2, 0.25) is 10.0 Å². The highest BCUT2D eigenvalue weighted by atomic mass is 32.2. The highest BCUT2D eigenvalue weighted by molar-refractivity contribution is 7.89. The SMILES string of the molecule is Cc1ccc(S(=O)(=O)N2CC[NH+](C)CC2)c2nsnc12. The average Bonchev–Trinajstić information content (AvgIpc) is 2.89. The lowest BCUT2D eigenvalue weighted by atomic mass is 10.2. The van der Waals surface area contributed by atoms with Gasteiger partial charge in [0.15, 0.2) is 0 Å². The van der Waals surface area contributed by atoms with Crippen molar-refractivity contribution in [3.05, 3.63) is 17.7 Å². The standard InChI is InChI=1S/C12H16N4O2S2/c1-9-3-4-10(12-11(9)13-19-14-12)20(17,18)16-7-5-15(2)6-8-16/h3-4H,5-8H2,1-2H3/p+1. The van der Waals surface area contributed by atoms with E-state index in [0.29, 0.717) is 24.1 Å². The summed E-state index contributed by atoms with van der Waals surface area (Å²) in [5, 5.41) is 0. The average molecular weight is 313 g/mol. The van der Waals surface area contributed by atoms with Crippen LogP contribution in [0.5, 0.6) is 0 Å². The molecule has 3 rings (SSSR count). The summed E-state index contributed by atoms with van der Waals surface area (Å²) < 4.78 is 35.5. The summed E-state index contributed by atoms with van der Waals surface area (Å²) in [5.74, 6) is 0. The molecule has 0 aliphatic carbocycles. The number of hydrogen-bond acceptors (Lipinski definition) is 5. The van der Waals surface area contributed by atoms with Crippen molar-refractivity contribution in [3.8, 4) is 0 Å². The molecule has 0 amide bonds. The van der Waals surface area contributed by atoms with Crippen LogP contribution in [0.1, 0.15) is 5.56 Å². The molecular weight excluding hydrogens is 296 g/mol. The largest absolute Gasteiger partial charge is 0.335 e. The van der Waals surface area contributed by atoms with Crippen LogP contribution >= 0.6 is 11.7 Å². The fraction of sp³-hybridized carbons (Fsp3) is 0.500. The highest BCUT2D eigenvalue weighted by Gasteiger charge is 2.31. The molecule has 1 aromatic heterocycles. The highest BCUT2D eigenvalue weighted by Crippen LogP contribution is 2.26. The van der Waals surface area contributed by atoms with E-state index < -0.39 is 10.0 Å². The molecule has 0 saturated carbocycles. The Hall–Kier alpha value is -1.09. The monoisotopic (exact) mass is 313 g/mol. The van der Waals surface area contributed by atoms with Gasteiger partial charge in [0, 0.05) is 0 Å². The van der Waals surface area contributed by atoms with Gasteiger partial charge in [-0.2, -0.15) is 13.1 Å². The molecule has 1 aliphatic rings. The molecule has 8 heteroatoms. The quantitative estimate of drug-likeness (QED) is 0.813. The molecule has 0 bridgehead atoms. The number of aryl methyl sites for hydroxylation is 1. The molecule has 1 aliphatic heterocycles. The van der Waals surface area contributed by atoms with E-state index in [1.54, 1.807) is 16.4 Å². The van der Waals surface area contributed by atoms with Gasteiger partial charge in [0.05, 0.1) is 45.0 Å². The Labute approximate surface area is 122 Å². The van der Waals surface area contributed by atoms with Gasteiger partial charge in [-0.05, 0) is 18.6 Å². The number of rotatable bonds is 2. The van der Waals surface area contributed by atoms with Crippen LogP contribution in [0.25, 0.3) is 11.0 Å². The van der Waals surface area contributed by atoms with Crippen LogP contribution in [-0.4, -0.2) is 54.7 Å². The minimum atomic E-state index is -3.47. The maximum atomic E-state index is 12.8. The lowest BCUT2D eigenvalue weighted by molar-refractivity contribution is -0.883. The second-order valence-electron chi connectivity index (χ2n) is 5.20. The van der Waals surface area contributed by atoms with Gasteiger partial charge in [-0.1, -0.05) is 6.07 Å². The molecule has 1 saturated heterocycles. The summed E-state index contributed by atoms with van der Waals surface area (Å²) in [4.78, 5) is 1.65. The Morgan fingerprint density at radius 1 is 1.20 bits per heavy atom. The van der Waals surface area contributed by atoms with Crippen molar-refractivity contribution in [1.82, 2.24) is 13.1 Å². The number of fused-ring (bicyclic) bond motifs is 1. The van der Waals surface area contributed by atoms with Crippen LogP contribution < -0.4 is 4.90 Å². The first-order valence-electron chi connectivity index (χ1n) is 6.53. The van der Waals surface area contributed by atoms with Gasteiger partial charge in [0.25, 0.3) is 0 Å². The van der Waals surface area contributed by atoms with Crippen LogP contribution in [0.15, 0.2) is 17.0 Å². The van der Waals surface area contributed by atoms with Crippen molar-refractivity contribution in [2.75, 3.05) is 33.2 Å². The topological polar surface area (TPSA) is 67.6 Å². The summed E-state index contributed by atoms with van der Waals surface area (Å²) >= 11 is 1.06. The van der Waals surface area contributed by atoms with Crippen molar-refractivity contribution in [2.45, 2.75) is 11.8 Å². The number of aromatic nitrogens is 2. The third-order valence-corrected chi connectivity index (χ3v) is 6.23. The van der Waals surface area contributed by atoms with E-state index in [-0.39, 0.29) is 4.90 Å². The normalized spacial score (nSPS) is 18.7. The molecule has 0 atom stereocenters. The van der Waals surface area contributed by atoms with Crippen molar-refractivity contribution >= 4 is 32.8 Å². The van der Waals surface area contributed by atoms with Crippen LogP contribution in [0.2, 0.25) is 0 Å². The summed E-state index contributed by atoms with van der Waals surface area (Å²) in [7, 11) is -1.39. The molecule has 1 N–H and O–H groups in total. The molecule has 0 spiro atoms. The van der Waals surface area contributed by atoms with Crippen molar-refractivity contribution in [3.63, 3.8) is 0 Å². The number of nitrogens with zero attached hydrogens (tertiary/aromatic N) is 3. The first-order chi connectivity index (χ1) is 9.50. The van der Waals surface area contributed by atoms with E-state index in [4.69, 9.17) is 0 Å². The fourth-order valence-electron chi connectivity index (χ4n) is 2.42. The smallest absolute Gasteiger partial charge is 0.245 e. The Kier molecular flexibility index (Phi) is 3.49. The van der Waals surface area contributed by atoms with Gasteiger partial charge in [-0.15, -0.1) is 0 Å². The second kappa shape index (κ2) is 5.03. The molecule has 2 heterocycles. The molecule has 20 heavy (non-hydrogen) atoms. The zero-order chi connectivity index (χ0) is 14.3. The van der Waals surface area contributed by atoms with Crippen molar-refractivity contribution in [1.29, 1.82) is 0 Å². The number of nitrogens with one attached hydrogen (secondary N) is 1. The number of likely N-dealkylation sites (N-methyl/N-ethyl adjacent to an activating group) is 1. The Bertz CT molecular complexity index is 733. The van der Waals surface area contributed by atoms with Gasteiger partial charge in [0.1, 0.15) is 15.9 Å². The molecule has 1 fully saturated rings. The molecule has 6 nitrogen and oxygen atoms in total. The zero-order valence-electron chi connectivity index (χ0n) is 11.5. The Morgan fingerprint density at radius 3 is 2.55 bits per heavy atom. The van der Waals surface area contributed by atoms with E-state index in [1.165, 1.54) is 4.90 Å². The molecule has 2 aromatic rings. The lowest BCUT2D eigenvalue weighted by Crippen LogP contribution is -3.12. The zero-order valence-corrected chi connectivity index (χ0v) is 13.1. The van der Waals surface area contributed by atoms with Crippen LogP contribution in [0, 0.1) is 6.92 Å². The first-order valence-corrected chi connectivity index (χ1v) is 8.70. The minimum Gasteiger partial charge on any atom is -0.335 e. The molecule has 1 aromatic carbocycles. The number of piperazine rings is 1. The lowest BCUT2D eigenvalue weighted by Gasteiger charge is -2.29. The van der Waals surface area contributed by atoms with E-state index in [1.807, 2.05) is 6.92 Å². The third-order valence-electron chi connectivity index (χ3n) is 3.77. The molecule has 108 valence electrons. The number of quaternary nitrogens is 1. The van der Waals surface area contributed by atoms with E-state index in [2.05, 4.69) is 15.8 Å². The van der Waals surface area contributed by atoms with Gasteiger partial charge < -0.3 is 4.90 Å². The van der Waals surface area contributed by atoms with Gasteiger partial charge >= 0.3 is 0 Å². The van der Waals surface area contributed by atoms with Crippen LogP contribution in [-0.2, 0) is 10.0 Å². The maximum absolute atomic E-state index is 12.8. The Morgan fingerprint density at radius 2 is 1.85 bits per heavy atom. The predicted molar refractivity (Wildman–Crippen MR) is 77.5 cm³/mol. The third kappa shape index (κ3) is 2.22. The molecule has 0 radical (unpaired) electrons. The Balaban J connectivity index is 2.06. The van der Waals surface area contributed by atoms with E-state index >= 15 is 0 Å². The van der Waals surface area contributed by atoms with Gasteiger partial charge in [-0.25, -0.2) is 8.42 Å². The predicted octanol–water partition coefficient (Wildman–Crippen LogP) is -0.481. The van der Waals surface area contributed by atoms with Crippen LogP contribution in [0.4, 0.5) is 0 Å². The van der Waals surface area contributed by atoms with E-state index in [0.717, 1.165) is 30.4 Å². The molecule has 0 unspecified atom stereocenters. The van der Waals surface area contributed by atoms with Crippen molar-refractivity contribution in [2.24, 2.45) is 0 Å². The number of sulfonamides is 1. The van der Waals surface area contributed by atoms with Crippen molar-refractivity contribution < 1.29 is 13.3 Å². The summed E-state index contributed by atoms with van der Waals surface area (Å²) in [6.07, 6.45) is 0. The minimum absolute atomic E-state index is 0.284. The second-order valence-corrected chi connectivity index (χ2v) is 7.64. The number of benzene rings is 1. The fourth-order valence-corrected chi connectivity index (χ4v) is 4.67. The van der Waals surface area contributed by atoms with Crippen LogP contribution in [0.3, 0.4) is 0 Å². The summed E-state index contributed by atoms with van der Waals surface area (Å²) in [6.45, 7) is 4.70. The summed E-state index contributed by atoms with van der Waals surface area (Å²) in [6, 6.07) is 3.46. The molecular formula is C12H17N4O2S2+. The maximum Gasteiger partial charge on any atom is 0.245 e. The number of hydrogen-bond donors (Lipinski definition) is 1. The van der Waals surface area contributed by atoms with Gasteiger partial charge in [-0.3, -0.25) is 0 Å². The first kappa shape index (κ1) is 13.9. The summed E-state index contributed by atoms with van der Waals surface area (Å²) in [5.41, 5.74) is 2.15.